The van der Waals surface area contributed by atoms with Crippen molar-refractivity contribution in [1.82, 2.24) is 40.0 Å². The second-order valence-corrected chi connectivity index (χ2v) is 13.8. The fraction of sp³-hybridized carbons (Fsp3) is 0.688. The zero-order chi connectivity index (χ0) is 32.9. The van der Waals surface area contributed by atoms with E-state index in [2.05, 4.69) is 27.6 Å². The average Bonchev–Trinajstić information content (AvgIpc) is 3.78. The van der Waals surface area contributed by atoms with Gasteiger partial charge in [0.15, 0.2) is 5.82 Å². The zero-order valence-electron chi connectivity index (χ0n) is 26.7. The van der Waals surface area contributed by atoms with E-state index in [1.807, 2.05) is 6.92 Å². The van der Waals surface area contributed by atoms with Crippen molar-refractivity contribution in [3.05, 3.63) is 35.5 Å². The molecule has 3 aromatic heterocycles. The van der Waals surface area contributed by atoms with Crippen LogP contribution in [0.3, 0.4) is 0 Å². The molecule has 2 N–H and O–H groups in total. The summed E-state index contributed by atoms with van der Waals surface area (Å²) in [5.41, 5.74) is 1.54. The smallest absolute Gasteiger partial charge is 0.371 e. The molecule has 6 heterocycles. The number of nitrogens with one attached hydrogen (secondary N) is 2. The Balaban J connectivity index is 1.24. The molecule has 4 aliphatic rings. The highest BCUT2D eigenvalue weighted by molar-refractivity contribution is 5.92. The number of aromatic nitrogens is 6. The van der Waals surface area contributed by atoms with E-state index < -0.39 is 36.5 Å². The summed E-state index contributed by atoms with van der Waals surface area (Å²) in [6.07, 6.45) is 4.55. The summed E-state index contributed by atoms with van der Waals surface area (Å²) in [6, 6.07) is 1.30. The standard InChI is InChI=1S/C32H42F3N9O3/c1-3-43-26(10-11-37-43)30(46)39-27(19-6-4-18(2)5-7-19)25-17-44-31(38-25)40-28(42-15-22-8-9-23(16-42)47-22)24(41-44)13-20-12-21(32(33,34)35)14-36-29(20)45/h10-11,17-23,27H,3-9,12-16H2,1-2H3,(H,36,45)(H,39,46)/t18?,19?,20?,21-,22?,23?,27+/m1/s1. The maximum atomic E-state index is 13.7. The van der Waals surface area contributed by atoms with Crippen molar-refractivity contribution < 1.29 is 27.5 Å². The van der Waals surface area contributed by atoms with Gasteiger partial charge in [-0.1, -0.05) is 19.8 Å². The van der Waals surface area contributed by atoms with Gasteiger partial charge in [0.25, 0.3) is 11.7 Å². The first-order valence-corrected chi connectivity index (χ1v) is 16.9. The number of rotatable bonds is 8. The highest BCUT2D eigenvalue weighted by Crippen LogP contribution is 2.38. The minimum absolute atomic E-state index is 0.0125. The first-order chi connectivity index (χ1) is 22.6. The summed E-state index contributed by atoms with van der Waals surface area (Å²) < 4.78 is 50.3. The molecule has 4 fully saturated rings. The number of piperidine rings is 1. The van der Waals surface area contributed by atoms with Gasteiger partial charge in [-0.3, -0.25) is 14.3 Å². The highest BCUT2D eigenvalue weighted by atomic mass is 19.4. The molecule has 3 aromatic rings. The van der Waals surface area contributed by atoms with E-state index in [4.69, 9.17) is 19.8 Å². The number of hydrogen-bond acceptors (Lipinski definition) is 8. The molecule has 7 rings (SSSR count). The van der Waals surface area contributed by atoms with Crippen molar-refractivity contribution in [2.45, 2.75) is 96.2 Å². The number of fused-ring (bicyclic) bond motifs is 3. The second kappa shape index (κ2) is 12.7. The normalized spacial score (nSPS) is 28.8. The van der Waals surface area contributed by atoms with E-state index in [-0.39, 0.29) is 36.9 Å². The number of morpholine rings is 1. The number of carbonyl (C=O) groups is 2. The lowest BCUT2D eigenvalue weighted by Crippen LogP contribution is -2.47. The van der Waals surface area contributed by atoms with E-state index in [1.54, 1.807) is 27.7 Å². The number of amides is 2. The lowest BCUT2D eigenvalue weighted by molar-refractivity contribution is -0.183. The van der Waals surface area contributed by atoms with Crippen molar-refractivity contribution in [2.24, 2.45) is 23.7 Å². The van der Waals surface area contributed by atoms with Crippen LogP contribution in [0.1, 0.15) is 86.7 Å². The van der Waals surface area contributed by atoms with Crippen LogP contribution >= 0.6 is 0 Å². The van der Waals surface area contributed by atoms with E-state index in [9.17, 15) is 22.8 Å². The van der Waals surface area contributed by atoms with Gasteiger partial charge in [-0.2, -0.15) is 28.4 Å². The van der Waals surface area contributed by atoms with Crippen LogP contribution in [0, 0.1) is 23.7 Å². The van der Waals surface area contributed by atoms with Crippen LogP contribution < -0.4 is 15.5 Å². The maximum Gasteiger partial charge on any atom is 0.393 e. The van der Waals surface area contributed by atoms with Gasteiger partial charge in [0.2, 0.25) is 5.91 Å². The van der Waals surface area contributed by atoms with Crippen LogP contribution in [-0.4, -0.2) is 79.2 Å². The SMILES string of the molecule is CCn1nccc1C(=O)N[C@H](c1cn2nc(CC3C[C@@H](C(F)(F)F)CNC3=O)c(N3CC4CCC(C3)O4)nc2n1)C1CCC(C)CC1. The van der Waals surface area contributed by atoms with E-state index in [0.29, 0.717) is 54.2 Å². The fourth-order valence-electron chi connectivity index (χ4n) is 7.79. The molecule has 0 radical (unpaired) electrons. The van der Waals surface area contributed by atoms with Crippen molar-refractivity contribution in [3.8, 4) is 0 Å². The van der Waals surface area contributed by atoms with Gasteiger partial charge < -0.3 is 20.3 Å². The maximum absolute atomic E-state index is 13.7. The lowest BCUT2D eigenvalue weighted by Gasteiger charge is -2.34. The van der Waals surface area contributed by atoms with Gasteiger partial charge in [0.05, 0.1) is 36.1 Å². The summed E-state index contributed by atoms with van der Waals surface area (Å²) in [7, 11) is 0. The number of carbonyl (C=O) groups excluding carboxylic acids is 2. The number of hydrogen-bond donors (Lipinski definition) is 2. The predicted molar refractivity (Wildman–Crippen MR) is 164 cm³/mol. The zero-order valence-corrected chi connectivity index (χ0v) is 26.7. The number of halogens is 3. The van der Waals surface area contributed by atoms with Crippen LogP contribution in [0.15, 0.2) is 18.5 Å². The van der Waals surface area contributed by atoms with Crippen molar-refractivity contribution in [2.75, 3.05) is 24.5 Å². The average molecular weight is 658 g/mol. The summed E-state index contributed by atoms with van der Waals surface area (Å²) >= 11 is 0. The van der Waals surface area contributed by atoms with Crippen molar-refractivity contribution >= 4 is 23.4 Å². The number of imidazole rings is 1. The molecule has 1 aliphatic carbocycles. The Hall–Kier alpha value is -3.75. The second-order valence-electron chi connectivity index (χ2n) is 13.8. The largest absolute Gasteiger partial charge is 0.393 e. The molecular formula is C32H42F3N9O3. The molecule has 0 spiro atoms. The van der Waals surface area contributed by atoms with Crippen molar-refractivity contribution in [3.63, 3.8) is 0 Å². The molecule has 254 valence electrons. The first kappa shape index (κ1) is 31.8. The Morgan fingerprint density at radius 1 is 1.13 bits per heavy atom. The summed E-state index contributed by atoms with van der Waals surface area (Å²) in [6.45, 7) is 5.47. The molecule has 5 atom stereocenters. The molecular weight excluding hydrogens is 615 g/mol. The van der Waals surface area contributed by atoms with Gasteiger partial charge >= 0.3 is 6.18 Å². The van der Waals surface area contributed by atoms with E-state index in [1.165, 1.54) is 0 Å². The number of alkyl halides is 3. The molecule has 15 heteroatoms. The van der Waals surface area contributed by atoms with Crippen LogP contribution in [-0.2, 0) is 22.5 Å². The number of aryl methyl sites for hydroxylation is 1. The Morgan fingerprint density at radius 2 is 1.87 bits per heavy atom. The minimum atomic E-state index is -4.40. The molecule has 3 aliphatic heterocycles. The molecule has 3 saturated heterocycles. The quantitative estimate of drug-likeness (QED) is 0.374. The number of nitrogens with zero attached hydrogens (tertiary/aromatic N) is 7. The molecule has 0 aromatic carbocycles. The Morgan fingerprint density at radius 3 is 2.57 bits per heavy atom. The first-order valence-electron chi connectivity index (χ1n) is 16.9. The van der Waals surface area contributed by atoms with E-state index in [0.717, 1.165) is 38.5 Å². The Kier molecular flexibility index (Phi) is 8.60. The summed E-state index contributed by atoms with van der Waals surface area (Å²) in [5.74, 6) is -1.55. The molecule has 2 amide bonds. The van der Waals surface area contributed by atoms with Crippen molar-refractivity contribution in [1.29, 1.82) is 0 Å². The number of anilines is 1. The lowest BCUT2D eigenvalue weighted by atomic mass is 9.78. The number of ether oxygens (including phenoxy) is 1. The molecule has 1 saturated carbocycles. The van der Waals surface area contributed by atoms with Gasteiger partial charge in [0.1, 0.15) is 11.4 Å². The third-order valence-electron chi connectivity index (χ3n) is 10.5. The topological polar surface area (TPSA) is 132 Å². The highest BCUT2D eigenvalue weighted by Gasteiger charge is 2.45. The molecule has 47 heavy (non-hydrogen) atoms. The van der Waals surface area contributed by atoms with Crippen LogP contribution in [0.4, 0.5) is 19.0 Å². The third kappa shape index (κ3) is 6.55. The Bertz CT molecular complexity index is 1600. The summed E-state index contributed by atoms with van der Waals surface area (Å²) in [4.78, 5) is 38.3. The summed E-state index contributed by atoms with van der Waals surface area (Å²) in [5, 5.41) is 14.8. The minimum Gasteiger partial charge on any atom is -0.371 e. The van der Waals surface area contributed by atoms with Crippen LogP contribution in [0.25, 0.3) is 5.78 Å². The fourth-order valence-corrected chi connectivity index (χ4v) is 7.79. The molecule has 3 unspecified atom stereocenters. The molecule has 12 nitrogen and oxygen atoms in total. The monoisotopic (exact) mass is 657 g/mol. The van der Waals surface area contributed by atoms with Crippen LogP contribution in [0.5, 0.6) is 0 Å². The van der Waals surface area contributed by atoms with Gasteiger partial charge in [-0.15, -0.1) is 0 Å². The molecule has 2 bridgehead atoms. The van der Waals surface area contributed by atoms with Gasteiger partial charge in [0, 0.05) is 44.7 Å². The Labute approximate surface area is 270 Å². The third-order valence-corrected chi connectivity index (χ3v) is 10.5. The van der Waals surface area contributed by atoms with Gasteiger partial charge in [-0.05, 0) is 56.9 Å². The van der Waals surface area contributed by atoms with Gasteiger partial charge in [-0.25, -0.2) is 9.50 Å². The predicted octanol–water partition coefficient (Wildman–Crippen LogP) is 3.86. The van der Waals surface area contributed by atoms with E-state index >= 15 is 0 Å². The van der Waals surface area contributed by atoms with Crippen LogP contribution in [0.2, 0.25) is 0 Å².